The second kappa shape index (κ2) is 9.81. The van der Waals surface area contributed by atoms with Crippen molar-refractivity contribution in [1.82, 2.24) is 0 Å². The van der Waals surface area contributed by atoms with Crippen molar-refractivity contribution in [2.75, 3.05) is 45.0 Å². The molecule has 2 aromatic carbocycles. The molecular formula is C19H27O3S+. The lowest BCUT2D eigenvalue weighted by molar-refractivity contribution is 0.147. The first-order valence-corrected chi connectivity index (χ1v) is 9.85. The monoisotopic (exact) mass is 335 g/mol. The van der Waals surface area contributed by atoms with Gasteiger partial charge in [0.15, 0.2) is 4.90 Å². The van der Waals surface area contributed by atoms with Gasteiger partial charge in [-0.3, -0.25) is 0 Å². The van der Waals surface area contributed by atoms with E-state index in [1.807, 2.05) is 13.8 Å². The Balaban J connectivity index is 0.000000924. The zero-order valence-corrected chi connectivity index (χ0v) is 15.2. The molecule has 0 aliphatic carbocycles. The Kier molecular flexibility index (Phi) is 7.72. The summed E-state index contributed by atoms with van der Waals surface area (Å²) in [6, 6.07) is 12.9. The van der Waals surface area contributed by atoms with Crippen LogP contribution in [0.2, 0.25) is 0 Å². The van der Waals surface area contributed by atoms with Crippen LogP contribution in [-0.4, -0.2) is 45.0 Å². The Bertz CT molecular complexity index is 594. The number of fused-ring (bicyclic) bond motifs is 1. The average Bonchev–Trinajstić information content (AvgIpc) is 2.64. The number of hydrogen-bond acceptors (Lipinski definition) is 3. The maximum atomic E-state index is 5.86. The van der Waals surface area contributed by atoms with Crippen LogP contribution >= 0.6 is 0 Å². The summed E-state index contributed by atoms with van der Waals surface area (Å²) >= 11 is 0. The van der Waals surface area contributed by atoms with Gasteiger partial charge in [0.2, 0.25) is 0 Å². The minimum Gasteiger partial charge on any atom is -0.491 e. The van der Waals surface area contributed by atoms with Gasteiger partial charge in [0.25, 0.3) is 0 Å². The van der Waals surface area contributed by atoms with Crippen molar-refractivity contribution in [3.8, 4) is 5.75 Å². The fourth-order valence-electron chi connectivity index (χ4n) is 2.60. The molecule has 1 aliphatic heterocycles. The first-order valence-electron chi connectivity index (χ1n) is 8.29. The van der Waals surface area contributed by atoms with E-state index >= 15 is 0 Å². The van der Waals surface area contributed by atoms with E-state index in [4.69, 9.17) is 14.2 Å². The number of methoxy groups -OCH3 is 1. The topological polar surface area (TPSA) is 27.7 Å². The van der Waals surface area contributed by atoms with Gasteiger partial charge in [0, 0.05) is 28.8 Å². The molecule has 0 unspecified atom stereocenters. The van der Waals surface area contributed by atoms with Gasteiger partial charge in [0.1, 0.15) is 23.9 Å². The van der Waals surface area contributed by atoms with Crippen LogP contribution in [0.5, 0.6) is 5.75 Å². The second-order valence-electron chi connectivity index (χ2n) is 4.96. The summed E-state index contributed by atoms with van der Waals surface area (Å²) in [5.41, 5.74) is 0. The number of benzene rings is 2. The van der Waals surface area contributed by atoms with Crippen LogP contribution in [0.3, 0.4) is 0 Å². The molecule has 0 bridgehead atoms. The molecule has 126 valence electrons. The fourth-order valence-corrected chi connectivity index (χ4v) is 4.63. The van der Waals surface area contributed by atoms with E-state index in [0.717, 1.165) is 30.5 Å². The van der Waals surface area contributed by atoms with Crippen LogP contribution in [0.4, 0.5) is 0 Å². The zero-order valence-electron chi connectivity index (χ0n) is 14.3. The highest BCUT2D eigenvalue weighted by Crippen LogP contribution is 2.32. The van der Waals surface area contributed by atoms with Gasteiger partial charge in [-0.05, 0) is 18.2 Å². The maximum Gasteiger partial charge on any atom is 0.163 e. The number of rotatable bonds is 5. The summed E-state index contributed by atoms with van der Waals surface area (Å²) in [5.74, 6) is 3.21. The average molecular weight is 335 g/mol. The molecular weight excluding hydrogens is 308 g/mol. The molecule has 0 spiro atoms. The van der Waals surface area contributed by atoms with Crippen molar-refractivity contribution < 1.29 is 14.2 Å². The molecule has 0 N–H and O–H groups in total. The molecule has 0 atom stereocenters. The molecule has 3 rings (SSSR count). The van der Waals surface area contributed by atoms with Gasteiger partial charge in [0.05, 0.1) is 19.8 Å². The fraction of sp³-hybridized carbons (Fsp3) is 0.474. The molecule has 4 heteroatoms. The summed E-state index contributed by atoms with van der Waals surface area (Å²) in [6.45, 7) is 6.95. The van der Waals surface area contributed by atoms with Crippen molar-refractivity contribution in [3.63, 3.8) is 0 Å². The van der Waals surface area contributed by atoms with Crippen LogP contribution in [0.15, 0.2) is 41.3 Å². The van der Waals surface area contributed by atoms with Crippen molar-refractivity contribution in [1.29, 1.82) is 0 Å². The lowest BCUT2D eigenvalue weighted by Gasteiger charge is -2.17. The second-order valence-corrected chi connectivity index (χ2v) is 7.20. The minimum absolute atomic E-state index is 0.297. The highest BCUT2D eigenvalue weighted by atomic mass is 32.2. The largest absolute Gasteiger partial charge is 0.491 e. The van der Waals surface area contributed by atoms with E-state index in [0.29, 0.717) is 24.1 Å². The predicted molar refractivity (Wildman–Crippen MR) is 98.9 cm³/mol. The summed E-state index contributed by atoms with van der Waals surface area (Å²) in [6.07, 6.45) is 0. The Morgan fingerprint density at radius 1 is 0.957 bits per heavy atom. The number of hydrogen-bond donors (Lipinski definition) is 0. The molecule has 0 aromatic heterocycles. The SMILES string of the molecule is CC.COCCOc1ccc([S+]2CCOCC2)c2ccccc12. The number of ether oxygens (including phenoxy) is 3. The van der Waals surface area contributed by atoms with Crippen LogP contribution in [-0.2, 0) is 20.4 Å². The molecule has 0 saturated carbocycles. The summed E-state index contributed by atoms with van der Waals surface area (Å²) in [5, 5.41) is 2.52. The normalized spacial score (nSPS) is 15.1. The van der Waals surface area contributed by atoms with Crippen molar-refractivity contribution >= 4 is 21.7 Å². The van der Waals surface area contributed by atoms with Gasteiger partial charge in [-0.25, -0.2) is 0 Å². The smallest absolute Gasteiger partial charge is 0.163 e. The molecule has 0 radical (unpaired) electrons. The molecule has 1 fully saturated rings. The third-order valence-electron chi connectivity index (χ3n) is 3.65. The van der Waals surface area contributed by atoms with Crippen LogP contribution in [0.1, 0.15) is 13.8 Å². The lowest BCUT2D eigenvalue weighted by atomic mass is 10.1. The zero-order chi connectivity index (χ0) is 16.5. The minimum atomic E-state index is 0.297. The summed E-state index contributed by atoms with van der Waals surface area (Å²) in [7, 11) is 1.99. The highest BCUT2D eigenvalue weighted by Gasteiger charge is 2.27. The molecule has 1 saturated heterocycles. The molecule has 1 heterocycles. The van der Waals surface area contributed by atoms with Gasteiger partial charge in [-0.1, -0.05) is 32.0 Å². The molecule has 2 aromatic rings. The Morgan fingerprint density at radius 2 is 1.65 bits per heavy atom. The van der Waals surface area contributed by atoms with E-state index in [9.17, 15) is 0 Å². The maximum absolute atomic E-state index is 5.86. The third-order valence-corrected chi connectivity index (χ3v) is 5.95. The van der Waals surface area contributed by atoms with Crippen LogP contribution < -0.4 is 4.74 Å². The van der Waals surface area contributed by atoms with Gasteiger partial charge in [-0.2, -0.15) is 0 Å². The Labute approximate surface area is 142 Å². The van der Waals surface area contributed by atoms with Gasteiger partial charge in [-0.15, -0.1) is 0 Å². The van der Waals surface area contributed by atoms with Crippen molar-refractivity contribution in [2.24, 2.45) is 0 Å². The van der Waals surface area contributed by atoms with E-state index in [1.54, 1.807) is 7.11 Å². The van der Waals surface area contributed by atoms with E-state index in [1.165, 1.54) is 15.7 Å². The molecule has 1 aliphatic rings. The molecule has 23 heavy (non-hydrogen) atoms. The highest BCUT2D eigenvalue weighted by molar-refractivity contribution is 7.97. The predicted octanol–water partition coefficient (Wildman–Crippen LogP) is 3.90. The first kappa shape index (κ1) is 18.1. The van der Waals surface area contributed by atoms with E-state index in [2.05, 4.69) is 36.4 Å². The Hall–Kier alpha value is -1.23. The lowest BCUT2D eigenvalue weighted by Crippen LogP contribution is -2.26. The first-order chi connectivity index (χ1) is 11.4. The van der Waals surface area contributed by atoms with E-state index in [-0.39, 0.29) is 0 Å². The summed E-state index contributed by atoms with van der Waals surface area (Å²) in [4.78, 5) is 1.45. The third kappa shape index (κ3) is 4.63. The Morgan fingerprint density at radius 3 is 2.35 bits per heavy atom. The standard InChI is InChI=1S/C17H21O3S.C2H6/c1-18-8-9-20-16-6-7-17(21-12-10-19-11-13-21)15-5-3-2-4-14(15)16;1-2/h2-7H,8-13H2,1H3;1-2H3/q+1;. The molecule has 3 nitrogen and oxygen atoms in total. The van der Waals surface area contributed by atoms with Crippen molar-refractivity contribution in [2.45, 2.75) is 18.7 Å². The van der Waals surface area contributed by atoms with Crippen LogP contribution in [0.25, 0.3) is 10.8 Å². The van der Waals surface area contributed by atoms with Gasteiger partial charge < -0.3 is 14.2 Å². The summed E-state index contributed by atoms with van der Waals surface area (Å²) < 4.78 is 16.4. The van der Waals surface area contributed by atoms with Gasteiger partial charge >= 0.3 is 0 Å². The van der Waals surface area contributed by atoms with E-state index < -0.39 is 0 Å². The quantitative estimate of drug-likeness (QED) is 0.613. The molecule has 0 amide bonds. The van der Waals surface area contributed by atoms with Crippen LogP contribution in [0, 0.1) is 0 Å². The van der Waals surface area contributed by atoms with Crippen molar-refractivity contribution in [3.05, 3.63) is 36.4 Å².